The van der Waals surface area contributed by atoms with E-state index in [4.69, 9.17) is 9.72 Å². The van der Waals surface area contributed by atoms with E-state index in [2.05, 4.69) is 135 Å². The highest BCUT2D eigenvalue weighted by Crippen LogP contribution is 2.36. The van der Waals surface area contributed by atoms with E-state index in [1.165, 1.54) is 22.1 Å². The summed E-state index contributed by atoms with van der Waals surface area (Å²) >= 11 is 0. The molecule has 0 unspecified atom stereocenters. The number of fused-ring (bicyclic) bond motifs is 3. The number of benzene rings is 5. The highest BCUT2D eigenvalue weighted by Gasteiger charge is 2.18. The molecule has 47 heavy (non-hydrogen) atoms. The third kappa shape index (κ3) is 5.46. The van der Waals surface area contributed by atoms with Crippen LogP contribution in [0.15, 0.2) is 152 Å². The van der Waals surface area contributed by atoms with Crippen molar-refractivity contribution >= 4 is 21.8 Å². The van der Waals surface area contributed by atoms with E-state index in [9.17, 15) is 0 Å². The van der Waals surface area contributed by atoms with Gasteiger partial charge in [0.25, 0.3) is 6.33 Å². The predicted octanol–water partition coefficient (Wildman–Crippen LogP) is 9.80. The van der Waals surface area contributed by atoms with E-state index >= 15 is 0 Å². The molecule has 5 aromatic carbocycles. The van der Waals surface area contributed by atoms with Crippen molar-refractivity contribution in [1.29, 1.82) is 0 Å². The van der Waals surface area contributed by atoms with Crippen LogP contribution in [0.5, 0.6) is 11.5 Å². The lowest BCUT2D eigenvalue weighted by atomic mass is 9.88. The fourth-order valence-electron chi connectivity index (χ4n) is 6.17. The average molecular weight is 611 g/mol. The van der Waals surface area contributed by atoms with Crippen LogP contribution in [0.4, 0.5) is 0 Å². The van der Waals surface area contributed by atoms with Crippen molar-refractivity contribution in [2.75, 3.05) is 0 Å². The highest BCUT2D eigenvalue weighted by molar-refractivity contribution is 6.09. The Labute approximate surface area is 274 Å². The molecule has 0 aliphatic heterocycles. The second-order valence-corrected chi connectivity index (χ2v) is 12.8. The zero-order valence-corrected chi connectivity index (χ0v) is 26.6. The maximum absolute atomic E-state index is 6.50. The van der Waals surface area contributed by atoms with E-state index in [1.54, 1.807) is 0 Å². The number of hydrogen-bond acceptors (Lipinski definition) is 2. The molecule has 0 aliphatic rings. The Kier molecular flexibility index (Phi) is 6.95. The molecule has 3 aromatic heterocycles. The van der Waals surface area contributed by atoms with Crippen molar-refractivity contribution in [3.8, 4) is 39.8 Å². The monoisotopic (exact) mass is 610 g/mol. The summed E-state index contributed by atoms with van der Waals surface area (Å²) in [5.74, 6) is 2.40. The number of pyridine rings is 1. The van der Waals surface area contributed by atoms with Crippen LogP contribution in [-0.2, 0) is 5.41 Å². The first-order chi connectivity index (χ1) is 22.9. The Morgan fingerprint density at radius 3 is 2.30 bits per heavy atom. The van der Waals surface area contributed by atoms with Crippen LogP contribution >= 0.6 is 0 Å². The molecule has 0 amide bonds. The maximum Gasteiger partial charge on any atom is 0.268 e. The van der Waals surface area contributed by atoms with E-state index < -0.39 is 0 Å². The van der Waals surface area contributed by atoms with Gasteiger partial charge in [-0.25, -0.2) is 4.98 Å². The van der Waals surface area contributed by atoms with Gasteiger partial charge in [0.2, 0.25) is 0 Å². The smallest absolute Gasteiger partial charge is 0.268 e. The Morgan fingerprint density at radius 2 is 1.43 bits per heavy atom. The lowest BCUT2D eigenvalue weighted by Crippen LogP contribution is -2.28. The second-order valence-electron chi connectivity index (χ2n) is 12.8. The van der Waals surface area contributed by atoms with Gasteiger partial charge in [-0.3, -0.25) is 13.7 Å². The van der Waals surface area contributed by atoms with Crippen molar-refractivity contribution in [2.45, 2.75) is 26.2 Å². The fraction of sp³-hybridized carbons (Fsp3) is 0.0952. The molecule has 0 aliphatic carbocycles. The van der Waals surface area contributed by atoms with Crippen LogP contribution in [-0.4, -0.2) is 14.1 Å². The summed E-state index contributed by atoms with van der Waals surface area (Å²) in [6.07, 6.45) is 9.40. The van der Waals surface area contributed by atoms with E-state index in [-0.39, 0.29) is 5.41 Å². The van der Waals surface area contributed by atoms with Crippen LogP contribution in [0.25, 0.3) is 50.1 Å². The van der Waals surface area contributed by atoms with Gasteiger partial charge in [0, 0.05) is 35.4 Å². The molecule has 0 radical (unpaired) electrons. The summed E-state index contributed by atoms with van der Waals surface area (Å²) in [4.78, 5) is 4.81. The van der Waals surface area contributed by atoms with Gasteiger partial charge in [0.1, 0.15) is 17.3 Å². The van der Waals surface area contributed by atoms with Gasteiger partial charge in [-0.15, -0.1) is 0 Å². The third-order valence-electron chi connectivity index (χ3n) is 8.63. The van der Waals surface area contributed by atoms with Gasteiger partial charge in [-0.05, 0) is 82.8 Å². The molecule has 3 heterocycles. The lowest BCUT2D eigenvalue weighted by molar-refractivity contribution is -0.599. The molecule has 0 bridgehead atoms. The molecular formula is C42H34N4O. The number of aromatic nitrogens is 4. The molecule has 0 saturated heterocycles. The van der Waals surface area contributed by atoms with Crippen molar-refractivity contribution in [3.05, 3.63) is 164 Å². The van der Waals surface area contributed by atoms with Gasteiger partial charge in [0.15, 0.2) is 0 Å². The molecule has 8 aromatic rings. The number of para-hydroxylation sites is 1. The molecule has 5 nitrogen and oxygen atoms in total. The first kappa shape index (κ1) is 28.5. The number of nitrogens with zero attached hydrogens (tertiary/aromatic N) is 4. The topological polar surface area (TPSA) is 35.9 Å². The minimum absolute atomic E-state index is 0.0123. The number of hydrogen-bond donors (Lipinski definition) is 0. The Balaban J connectivity index is 1.12. The molecular weight excluding hydrogens is 576 g/mol. The van der Waals surface area contributed by atoms with Gasteiger partial charge >= 0.3 is 0 Å². The number of imidazole rings is 1. The summed E-state index contributed by atoms with van der Waals surface area (Å²) in [7, 11) is 0. The summed E-state index contributed by atoms with van der Waals surface area (Å²) in [5.41, 5.74) is 7.78. The normalized spacial score (nSPS) is 11.7. The predicted molar refractivity (Wildman–Crippen MR) is 189 cm³/mol. The Bertz CT molecular complexity index is 2380. The molecule has 228 valence electrons. The van der Waals surface area contributed by atoms with Crippen LogP contribution in [0, 0.1) is 6.33 Å². The van der Waals surface area contributed by atoms with Crippen molar-refractivity contribution in [2.24, 2.45) is 0 Å². The molecule has 0 fully saturated rings. The summed E-state index contributed by atoms with van der Waals surface area (Å²) < 4.78 is 12.7. The molecule has 0 N–H and O–H groups in total. The van der Waals surface area contributed by atoms with E-state index in [0.717, 1.165) is 45.1 Å². The summed E-state index contributed by atoms with van der Waals surface area (Å²) in [5, 5.41) is 2.34. The molecule has 5 heteroatoms. The minimum atomic E-state index is 0.0123. The first-order valence-corrected chi connectivity index (χ1v) is 15.9. The summed E-state index contributed by atoms with van der Waals surface area (Å²) in [6, 6.07) is 46.1. The highest BCUT2D eigenvalue weighted by atomic mass is 16.5. The zero-order valence-electron chi connectivity index (χ0n) is 26.6. The fourth-order valence-corrected chi connectivity index (χ4v) is 6.17. The van der Waals surface area contributed by atoms with Crippen molar-refractivity contribution in [1.82, 2.24) is 14.1 Å². The number of ether oxygens (including phenoxy) is 1. The van der Waals surface area contributed by atoms with E-state index in [1.807, 2.05) is 58.1 Å². The van der Waals surface area contributed by atoms with Gasteiger partial charge in [-0.2, -0.15) is 0 Å². The Morgan fingerprint density at radius 1 is 0.660 bits per heavy atom. The zero-order chi connectivity index (χ0) is 32.0. The molecule has 0 spiro atoms. The van der Waals surface area contributed by atoms with Crippen LogP contribution in [0.1, 0.15) is 26.3 Å². The van der Waals surface area contributed by atoms with Crippen molar-refractivity contribution < 1.29 is 9.30 Å². The van der Waals surface area contributed by atoms with Gasteiger partial charge in [0.05, 0.1) is 22.4 Å². The van der Waals surface area contributed by atoms with Gasteiger partial charge in [-0.1, -0.05) is 87.5 Å². The SMILES string of the molecule is CC(C)(C)c1ccnc(-n2c3ccccc3c3ccc(Oc4cccc(-[n+]5[c-]n(-c6cccc(-c7ccccc7)c6)cc5)c4)cc32)c1. The minimum Gasteiger partial charge on any atom is -0.458 e. The average Bonchev–Trinajstić information content (AvgIpc) is 3.72. The molecule has 0 saturated carbocycles. The Hall–Kier alpha value is -5.94. The maximum atomic E-state index is 6.50. The van der Waals surface area contributed by atoms with E-state index in [0.29, 0.717) is 0 Å². The van der Waals surface area contributed by atoms with Gasteiger partial charge < -0.3 is 4.74 Å². The molecule has 0 atom stereocenters. The number of rotatable bonds is 6. The van der Waals surface area contributed by atoms with Crippen LogP contribution in [0.2, 0.25) is 0 Å². The van der Waals surface area contributed by atoms with Crippen molar-refractivity contribution in [3.63, 3.8) is 0 Å². The first-order valence-electron chi connectivity index (χ1n) is 15.9. The third-order valence-corrected chi connectivity index (χ3v) is 8.63. The molecule has 8 rings (SSSR count). The summed E-state index contributed by atoms with van der Waals surface area (Å²) in [6.45, 7) is 6.69. The quantitative estimate of drug-likeness (QED) is 0.139. The second kappa shape index (κ2) is 11.5. The van der Waals surface area contributed by atoms with Crippen LogP contribution < -0.4 is 9.30 Å². The standard InChI is InChI=1S/C42H34N4O/c1-42(2,3)32-21-22-43-41(26-32)46-39-18-8-7-17-37(39)38-20-19-36(28-40(38)46)47-35-16-10-15-34(27-35)45-24-23-44(29-45)33-14-9-13-31(25-33)30-11-5-4-6-12-30/h4-28H,1-3H3. The lowest BCUT2D eigenvalue weighted by Gasteiger charge is -2.20. The largest absolute Gasteiger partial charge is 0.458 e. The van der Waals surface area contributed by atoms with Crippen LogP contribution in [0.3, 0.4) is 0 Å².